The number of imide groups is 1. The second kappa shape index (κ2) is 6.94. The molecule has 0 radical (unpaired) electrons. The van der Waals surface area contributed by atoms with E-state index in [9.17, 15) is 19.5 Å². The van der Waals surface area contributed by atoms with Crippen LogP contribution in [0.2, 0.25) is 0 Å². The van der Waals surface area contributed by atoms with E-state index >= 15 is 0 Å². The summed E-state index contributed by atoms with van der Waals surface area (Å²) in [4.78, 5) is 37.7. The Morgan fingerprint density at radius 3 is 2.65 bits per heavy atom. The summed E-state index contributed by atoms with van der Waals surface area (Å²) < 4.78 is 0. The van der Waals surface area contributed by atoms with Gasteiger partial charge >= 0.3 is 0 Å². The molecule has 8 heteroatoms. The molecule has 6 nitrogen and oxygen atoms in total. The van der Waals surface area contributed by atoms with Crippen LogP contribution in [0.3, 0.4) is 0 Å². The van der Waals surface area contributed by atoms with Crippen LogP contribution >= 0.6 is 23.5 Å². The van der Waals surface area contributed by atoms with Crippen LogP contribution in [-0.4, -0.2) is 51.1 Å². The Hall–Kier alpha value is -1.51. The number of benzene rings is 1. The maximum absolute atomic E-state index is 12.4. The van der Waals surface area contributed by atoms with E-state index in [-0.39, 0.29) is 29.5 Å². The molecule has 2 aliphatic rings. The van der Waals surface area contributed by atoms with Crippen LogP contribution in [-0.2, 0) is 9.59 Å². The summed E-state index contributed by atoms with van der Waals surface area (Å²) in [5.41, 5.74) is 0.514. The van der Waals surface area contributed by atoms with E-state index in [2.05, 4.69) is 5.32 Å². The fourth-order valence-corrected chi connectivity index (χ4v) is 4.67. The van der Waals surface area contributed by atoms with Gasteiger partial charge in [0.15, 0.2) is 0 Å². The van der Waals surface area contributed by atoms with E-state index in [1.807, 2.05) is 0 Å². The first kappa shape index (κ1) is 16.4. The van der Waals surface area contributed by atoms with Crippen molar-refractivity contribution in [2.75, 3.05) is 16.4 Å². The van der Waals surface area contributed by atoms with Crippen molar-refractivity contribution in [3.8, 4) is 0 Å². The minimum absolute atomic E-state index is 0.0630. The number of hydrogen-bond acceptors (Lipinski definition) is 6. The quantitative estimate of drug-likeness (QED) is 0.848. The number of anilines is 1. The first-order valence-corrected chi connectivity index (χ1v) is 9.24. The van der Waals surface area contributed by atoms with Crippen LogP contribution in [0.15, 0.2) is 30.3 Å². The zero-order valence-electron chi connectivity index (χ0n) is 12.2. The molecule has 122 valence electrons. The van der Waals surface area contributed by atoms with E-state index in [1.165, 1.54) is 0 Å². The molecule has 2 heterocycles. The van der Waals surface area contributed by atoms with Gasteiger partial charge in [0.05, 0.1) is 17.8 Å². The number of carbonyl (C=O) groups excluding carboxylic acids is 3. The smallest absolute Gasteiger partial charge is 0.293 e. The predicted octanol–water partition coefficient (Wildman–Crippen LogP) is 1.24. The van der Waals surface area contributed by atoms with Gasteiger partial charge in [-0.05, 0) is 23.9 Å². The molecule has 2 fully saturated rings. The molecule has 23 heavy (non-hydrogen) atoms. The van der Waals surface area contributed by atoms with Crippen LogP contribution < -0.4 is 10.2 Å². The molecule has 0 spiro atoms. The van der Waals surface area contributed by atoms with E-state index < -0.39 is 11.4 Å². The molecular formula is C15H16N2O4S2. The topological polar surface area (TPSA) is 86.7 Å². The summed E-state index contributed by atoms with van der Waals surface area (Å²) in [5, 5.41) is 11.4. The molecule has 3 amide bonds. The molecule has 1 aromatic rings. The number of aliphatic hydroxyl groups excluding tert-OH is 1. The number of nitrogens with zero attached hydrogens (tertiary/aromatic N) is 1. The van der Waals surface area contributed by atoms with Gasteiger partial charge in [-0.15, -0.1) is 0 Å². The van der Waals surface area contributed by atoms with Gasteiger partial charge in [0.2, 0.25) is 11.8 Å². The highest BCUT2D eigenvalue weighted by Crippen LogP contribution is 2.33. The first-order chi connectivity index (χ1) is 11.1. The molecule has 3 rings (SSSR count). The molecule has 1 aromatic carbocycles. The van der Waals surface area contributed by atoms with Crippen LogP contribution in [0.1, 0.15) is 6.42 Å². The number of carbonyl (C=O) groups is 3. The Morgan fingerprint density at radius 1 is 1.26 bits per heavy atom. The van der Waals surface area contributed by atoms with Crippen LogP contribution in [0.25, 0.3) is 0 Å². The fraction of sp³-hybridized carbons (Fsp3) is 0.400. The zero-order valence-corrected chi connectivity index (χ0v) is 13.8. The normalized spacial score (nSPS) is 27.5. The number of rotatable bonds is 4. The third-order valence-electron chi connectivity index (χ3n) is 3.70. The third kappa shape index (κ3) is 3.54. The summed E-state index contributed by atoms with van der Waals surface area (Å²) in [6.07, 6.45) is -0.620. The third-order valence-corrected chi connectivity index (χ3v) is 5.91. The maximum Gasteiger partial charge on any atom is 0.293 e. The Kier molecular flexibility index (Phi) is 4.93. The molecule has 2 N–H and O–H groups in total. The monoisotopic (exact) mass is 352 g/mol. The standard InChI is InChI=1S/C15H16N2O4S2/c18-11-8-22-7-10(11)16-13(19)6-12-14(20)17(15(21)23-12)9-4-2-1-3-5-9/h1-5,10-12,18H,6-8H2,(H,16,19). The van der Waals surface area contributed by atoms with Crippen molar-refractivity contribution in [3.63, 3.8) is 0 Å². The highest BCUT2D eigenvalue weighted by atomic mass is 32.2. The molecule has 0 bridgehead atoms. The number of para-hydroxylation sites is 1. The predicted molar refractivity (Wildman–Crippen MR) is 90.6 cm³/mol. The Labute approximate surface area is 142 Å². The second-order valence-electron chi connectivity index (χ2n) is 5.36. The average Bonchev–Trinajstić information content (AvgIpc) is 3.04. The van der Waals surface area contributed by atoms with Crippen molar-refractivity contribution in [2.24, 2.45) is 0 Å². The number of nitrogens with one attached hydrogen (secondary N) is 1. The van der Waals surface area contributed by atoms with Crippen LogP contribution in [0.5, 0.6) is 0 Å². The first-order valence-electron chi connectivity index (χ1n) is 7.21. The van der Waals surface area contributed by atoms with Crippen molar-refractivity contribution in [2.45, 2.75) is 23.8 Å². The van der Waals surface area contributed by atoms with Crippen LogP contribution in [0.4, 0.5) is 10.5 Å². The van der Waals surface area contributed by atoms with Gasteiger partial charge in [0.1, 0.15) is 5.25 Å². The van der Waals surface area contributed by atoms with Crippen molar-refractivity contribution >= 4 is 46.3 Å². The van der Waals surface area contributed by atoms with Gasteiger partial charge in [-0.25, -0.2) is 4.90 Å². The van der Waals surface area contributed by atoms with E-state index in [4.69, 9.17) is 0 Å². The Bertz CT molecular complexity index is 625. The molecule has 0 saturated carbocycles. The van der Waals surface area contributed by atoms with Crippen LogP contribution in [0, 0.1) is 0 Å². The molecule has 0 aliphatic carbocycles. The lowest BCUT2D eigenvalue weighted by molar-refractivity contribution is -0.125. The summed E-state index contributed by atoms with van der Waals surface area (Å²) in [6.45, 7) is 0. The SMILES string of the molecule is O=C(CC1SC(=O)N(c2ccccc2)C1=O)NC1CSCC1O. The summed E-state index contributed by atoms with van der Waals surface area (Å²) in [6, 6.07) is 8.39. The lowest BCUT2D eigenvalue weighted by Gasteiger charge is -2.17. The highest BCUT2D eigenvalue weighted by Gasteiger charge is 2.42. The minimum atomic E-state index is -0.714. The van der Waals surface area contributed by atoms with Gasteiger partial charge in [-0.1, -0.05) is 18.2 Å². The Morgan fingerprint density at radius 2 is 2.00 bits per heavy atom. The number of thioether (sulfide) groups is 2. The van der Waals surface area contributed by atoms with Crippen molar-refractivity contribution in [3.05, 3.63) is 30.3 Å². The molecule has 0 aromatic heterocycles. The molecule has 2 aliphatic heterocycles. The summed E-state index contributed by atoms with van der Waals surface area (Å²) in [7, 11) is 0. The van der Waals surface area contributed by atoms with Crippen molar-refractivity contribution in [1.29, 1.82) is 0 Å². The zero-order chi connectivity index (χ0) is 16.4. The van der Waals surface area contributed by atoms with Gasteiger partial charge in [-0.2, -0.15) is 11.8 Å². The lowest BCUT2D eigenvalue weighted by Crippen LogP contribution is -2.44. The van der Waals surface area contributed by atoms with E-state index in [1.54, 1.807) is 42.1 Å². The number of amides is 3. The van der Waals surface area contributed by atoms with Gasteiger partial charge in [0.25, 0.3) is 5.24 Å². The van der Waals surface area contributed by atoms with Gasteiger partial charge in [0, 0.05) is 17.9 Å². The van der Waals surface area contributed by atoms with Crippen molar-refractivity contribution in [1.82, 2.24) is 5.32 Å². The lowest BCUT2D eigenvalue weighted by atomic mass is 10.2. The number of hydrogen-bond donors (Lipinski definition) is 2. The highest BCUT2D eigenvalue weighted by molar-refractivity contribution is 8.15. The fourth-order valence-electron chi connectivity index (χ4n) is 2.51. The largest absolute Gasteiger partial charge is 0.390 e. The average molecular weight is 352 g/mol. The maximum atomic E-state index is 12.4. The summed E-state index contributed by atoms with van der Waals surface area (Å²) in [5.74, 6) is 0.573. The molecular weight excluding hydrogens is 336 g/mol. The van der Waals surface area contributed by atoms with Gasteiger partial charge < -0.3 is 10.4 Å². The van der Waals surface area contributed by atoms with Gasteiger partial charge in [-0.3, -0.25) is 14.4 Å². The van der Waals surface area contributed by atoms with E-state index in [0.717, 1.165) is 16.7 Å². The Balaban J connectivity index is 1.62. The van der Waals surface area contributed by atoms with E-state index in [0.29, 0.717) is 17.2 Å². The molecule has 3 atom stereocenters. The summed E-state index contributed by atoms with van der Waals surface area (Å²) >= 11 is 2.45. The number of aliphatic hydroxyl groups is 1. The minimum Gasteiger partial charge on any atom is -0.390 e. The molecule has 3 unspecified atom stereocenters. The molecule has 2 saturated heterocycles. The second-order valence-corrected chi connectivity index (χ2v) is 7.59. The van der Waals surface area contributed by atoms with Crippen molar-refractivity contribution < 1.29 is 19.5 Å².